The summed E-state index contributed by atoms with van der Waals surface area (Å²) < 4.78 is 21.0. The predicted molar refractivity (Wildman–Crippen MR) is 223 cm³/mol. The molecule has 0 spiro atoms. The van der Waals surface area contributed by atoms with E-state index in [0.717, 1.165) is 45.3 Å². The molecule has 3 aromatic heterocycles. The lowest BCUT2D eigenvalue weighted by Crippen LogP contribution is -2.66. The Labute approximate surface area is 348 Å². The number of fused-ring (bicyclic) bond motifs is 7. The summed E-state index contributed by atoms with van der Waals surface area (Å²) in [6.07, 6.45) is 3.09. The van der Waals surface area contributed by atoms with E-state index in [0.29, 0.717) is 56.2 Å². The minimum Gasteiger partial charge on any atom is -0.378 e. The Morgan fingerprint density at radius 1 is 1.19 bits per heavy atom. The monoisotopic (exact) mass is 825 g/mol. The number of hydrogen-bond acceptors (Lipinski definition) is 11. The summed E-state index contributed by atoms with van der Waals surface area (Å²) in [6, 6.07) is 9.29. The van der Waals surface area contributed by atoms with Gasteiger partial charge < -0.3 is 33.8 Å². The maximum atomic E-state index is 14.8. The molecule has 3 aliphatic heterocycles. The van der Waals surface area contributed by atoms with Crippen molar-refractivity contribution in [3.63, 3.8) is 0 Å². The van der Waals surface area contributed by atoms with Crippen LogP contribution in [0.15, 0.2) is 41.9 Å². The van der Waals surface area contributed by atoms with E-state index in [-0.39, 0.29) is 43.0 Å². The van der Waals surface area contributed by atoms with Gasteiger partial charge >= 0.3 is 0 Å². The van der Waals surface area contributed by atoms with Crippen molar-refractivity contribution < 1.29 is 33.4 Å². The molecule has 3 fully saturated rings. The van der Waals surface area contributed by atoms with E-state index in [2.05, 4.69) is 60.3 Å². The van der Waals surface area contributed by atoms with Gasteiger partial charge in [-0.25, -0.2) is 10.4 Å². The van der Waals surface area contributed by atoms with Crippen LogP contribution in [0.3, 0.4) is 0 Å². The molecule has 6 heterocycles. The van der Waals surface area contributed by atoms with Gasteiger partial charge in [0.25, 0.3) is 5.91 Å². The third kappa shape index (κ3) is 7.49. The Kier molecular flexibility index (Phi) is 11.3. The van der Waals surface area contributed by atoms with Gasteiger partial charge in [-0.1, -0.05) is 19.9 Å². The van der Waals surface area contributed by atoms with E-state index in [4.69, 9.17) is 24.2 Å². The first kappa shape index (κ1) is 41.2. The number of pyridine rings is 1. The van der Waals surface area contributed by atoms with E-state index in [9.17, 15) is 19.2 Å². The van der Waals surface area contributed by atoms with Gasteiger partial charge in [-0.15, -0.1) is 11.3 Å². The van der Waals surface area contributed by atoms with Crippen LogP contribution in [0.25, 0.3) is 33.4 Å². The summed E-state index contributed by atoms with van der Waals surface area (Å²) in [6.45, 7) is 12.5. The largest absolute Gasteiger partial charge is 0.378 e. The number of methoxy groups -OCH3 is 1. The normalized spacial score (nSPS) is 27.3. The van der Waals surface area contributed by atoms with E-state index < -0.39 is 34.9 Å². The number of amides is 3. The number of piperidine rings is 1. The van der Waals surface area contributed by atoms with Crippen molar-refractivity contribution in [1.29, 1.82) is 0 Å². The molecule has 2 saturated heterocycles. The van der Waals surface area contributed by atoms with Crippen LogP contribution in [0, 0.1) is 23.2 Å². The molecule has 1 aromatic carbocycles. The number of benzene rings is 1. The van der Waals surface area contributed by atoms with Crippen molar-refractivity contribution in [2.45, 2.75) is 84.2 Å². The Morgan fingerprint density at radius 3 is 2.71 bits per heavy atom. The Bertz CT molecular complexity index is 2270. The topological polar surface area (TPSA) is 157 Å². The highest BCUT2D eigenvalue weighted by Gasteiger charge is 2.64. The SMILES string of the molecule is CCO[C@@H]1c2nc(cs2)-c2ccc3c(c2)c(c(-c2cccnc2[C@H](C)OC)n3CC)CC(C)(C)COC[C@@]2(C=O)CCCN(N2)C(=O)[C@H]1NC(=O)[C@@H]1[C@H]2CN(C)C(=O)[C@H]21. The van der Waals surface area contributed by atoms with Crippen molar-refractivity contribution in [2.75, 3.05) is 47.1 Å². The summed E-state index contributed by atoms with van der Waals surface area (Å²) in [5.41, 5.74) is 8.42. The molecule has 1 saturated carbocycles. The second-order valence-electron chi connectivity index (χ2n) is 17.3. The minimum absolute atomic E-state index is 0.0400. The standard InChI is InChI=1S/C44H55N7O7S/c1-8-50-32-14-13-26-18-28(32)29(37(50)27-12-10-16-45-35(27)25(3)56-7)19-43(4,5)23-57-24-44(22-52)15-11-17-51(48-44)42(55)36(38(58-9-2)40-46-31(26)21-59-40)47-39(53)33-30-20-49(6)41(54)34(30)33/h10,12-14,16,18,21-22,25,30,33-34,36,38,48H,8-9,11,15,17,19-20,23-24H2,1-7H3,(H,47,53)/t25-,30+,33+,34+,36-,38-,44-/m0/s1. The zero-order valence-electron chi connectivity index (χ0n) is 34.9. The smallest absolute Gasteiger partial charge is 0.262 e. The first-order valence-electron chi connectivity index (χ1n) is 20.7. The number of rotatable bonds is 9. The zero-order chi connectivity index (χ0) is 41.8. The Hall–Kier alpha value is -4.54. The lowest BCUT2D eigenvalue weighted by Gasteiger charge is -2.42. The molecule has 15 heteroatoms. The van der Waals surface area contributed by atoms with Crippen molar-refractivity contribution in [3.05, 3.63) is 58.2 Å². The number of likely N-dealkylation sites (tertiary alicyclic amines) is 1. The summed E-state index contributed by atoms with van der Waals surface area (Å²) in [7, 11) is 3.44. The van der Waals surface area contributed by atoms with Gasteiger partial charge in [0, 0.05) is 79.9 Å². The number of nitrogens with zero attached hydrogens (tertiary/aromatic N) is 5. The number of nitrogens with one attached hydrogen (secondary N) is 2. The van der Waals surface area contributed by atoms with Crippen LogP contribution in [0.1, 0.15) is 75.9 Å². The predicted octanol–water partition coefficient (Wildman–Crippen LogP) is 5.11. The van der Waals surface area contributed by atoms with Crippen molar-refractivity contribution in [1.82, 2.24) is 35.2 Å². The molecule has 6 bridgehead atoms. The molecule has 14 nitrogen and oxygen atoms in total. The maximum Gasteiger partial charge on any atom is 0.262 e. The number of carbonyl (C=O) groups excluding carboxylic acids is 4. The van der Waals surface area contributed by atoms with Crippen LogP contribution in [0.4, 0.5) is 0 Å². The molecule has 314 valence electrons. The van der Waals surface area contributed by atoms with E-state index >= 15 is 0 Å². The van der Waals surface area contributed by atoms with Gasteiger partial charge in [0.05, 0.1) is 48.2 Å². The second kappa shape index (κ2) is 16.1. The van der Waals surface area contributed by atoms with Crippen LogP contribution < -0.4 is 10.7 Å². The van der Waals surface area contributed by atoms with E-state index in [1.807, 2.05) is 25.3 Å². The zero-order valence-corrected chi connectivity index (χ0v) is 35.8. The van der Waals surface area contributed by atoms with E-state index in [1.54, 1.807) is 25.3 Å². The number of aryl methyl sites for hydroxylation is 1. The third-order valence-electron chi connectivity index (χ3n) is 12.6. The highest BCUT2D eigenvalue weighted by molar-refractivity contribution is 7.10. The molecule has 0 unspecified atom stereocenters. The summed E-state index contributed by atoms with van der Waals surface area (Å²) >= 11 is 1.37. The molecule has 4 aromatic rings. The van der Waals surface area contributed by atoms with Crippen molar-refractivity contribution in [3.8, 4) is 22.5 Å². The summed E-state index contributed by atoms with van der Waals surface area (Å²) in [4.78, 5) is 66.1. The second-order valence-corrected chi connectivity index (χ2v) is 18.2. The number of thiazole rings is 1. The van der Waals surface area contributed by atoms with E-state index in [1.165, 1.54) is 16.3 Å². The van der Waals surface area contributed by atoms with Crippen LogP contribution in [-0.4, -0.2) is 107 Å². The Morgan fingerprint density at radius 2 is 2.00 bits per heavy atom. The van der Waals surface area contributed by atoms with Gasteiger partial charge in [0.15, 0.2) is 0 Å². The molecular formula is C44H55N7O7S. The highest BCUT2D eigenvalue weighted by atomic mass is 32.1. The van der Waals surface area contributed by atoms with Gasteiger partial charge in [-0.3, -0.25) is 24.4 Å². The van der Waals surface area contributed by atoms with Gasteiger partial charge in [-0.05, 0) is 75.3 Å². The number of carbonyl (C=O) groups is 4. The Balaban J connectivity index is 1.26. The maximum absolute atomic E-state index is 14.8. The molecule has 4 aliphatic rings. The molecule has 3 amide bonds. The first-order chi connectivity index (χ1) is 28.3. The van der Waals surface area contributed by atoms with Crippen molar-refractivity contribution in [2.24, 2.45) is 23.2 Å². The fourth-order valence-corrected chi connectivity index (χ4v) is 10.4. The average molecular weight is 826 g/mol. The fraction of sp³-hybridized carbons (Fsp3) is 0.545. The van der Waals surface area contributed by atoms with Gasteiger partial charge in [0.1, 0.15) is 29.0 Å². The van der Waals surface area contributed by atoms with Gasteiger partial charge in [-0.2, -0.15) is 0 Å². The third-order valence-corrected chi connectivity index (χ3v) is 13.5. The molecule has 2 N–H and O–H groups in total. The lowest BCUT2D eigenvalue weighted by molar-refractivity contribution is -0.151. The van der Waals surface area contributed by atoms with Crippen LogP contribution in [-0.2, 0) is 46.4 Å². The number of ether oxygens (including phenoxy) is 3. The molecule has 59 heavy (non-hydrogen) atoms. The minimum atomic E-state index is -1.19. The van der Waals surface area contributed by atoms with Crippen LogP contribution in [0.2, 0.25) is 0 Å². The van der Waals surface area contributed by atoms with Crippen molar-refractivity contribution >= 4 is 46.2 Å². The molecule has 7 atom stereocenters. The number of aromatic nitrogens is 3. The fourth-order valence-electron chi connectivity index (χ4n) is 9.49. The number of hydrogen-bond donors (Lipinski definition) is 2. The lowest BCUT2D eigenvalue weighted by atomic mass is 9.84. The molecule has 0 radical (unpaired) electrons. The highest BCUT2D eigenvalue weighted by Crippen LogP contribution is 2.52. The molecular weight excluding hydrogens is 771 g/mol. The first-order valence-corrected chi connectivity index (χ1v) is 21.6. The number of hydrazine groups is 1. The van der Waals surface area contributed by atoms with Gasteiger partial charge in [0.2, 0.25) is 11.8 Å². The number of aldehydes is 1. The quantitative estimate of drug-likeness (QED) is 0.218. The molecule has 8 rings (SSSR count). The summed E-state index contributed by atoms with van der Waals surface area (Å²) in [5.74, 6) is -1.87. The summed E-state index contributed by atoms with van der Waals surface area (Å²) in [5, 5.41) is 8.02. The average Bonchev–Trinajstić information content (AvgIpc) is 3.45. The van der Waals surface area contributed by atoms with Crippen LogP contribution in [0.5, 0.6) is 0 Å². The van der Waals surface area contributed by atoms with Crippen LogP contribution >= 0.6 is 11.3 Å². The molecule has 1 aliphatic carbocycles.